The van der Waals surface area contributed by atoms with Gasteiger partial charge in [0, 0.05) is 25.4 Å². The van der Waals surface area contributed by atoms with Gasteiger partial charge >= 0.3 is 6.18 Å². The van der Waals surface area contributed by atoms with Crippen molar-refractivity contribution in [2.24, 2.45) is 5.73 Å². The van der Waals surface area contributed by atoms with Crippen LogP contribution in [0.2, 0.25) is 0 Å². The molecule has 0 aliphatic carbocycles. The first-order valence-corrected chi connectivity index (χ1v) is 9.22. The molecule has 2 N–H and O–H groups in total. The van der Waals surface area contributed by atoms with Crippen LogP contribution in [0.4, 0.5) is 13.2 Å². The summed E-state index contributed by atoms with van der Waals surface area (Å²) in [4.78, 5) is 2.28. The van der Waals surface area contributed by atoms with Gasteiger partial charge in [0.1, 0.15) is 0 Å². The normalized spacial score (nSPS) is 15.0. The van der Waals surface area contributed by atoms with Crippen LogP contribution in [0, 0.1) is 0 Å². The van der Waals surface area contributed by atoms with Crippen molar-refractivity contribution in [2.45, 2.75) is 17.9 Å². The number of nitrogens with zero attached hydrogens (tertiary/aromatic N) is 4. The zero-order valence-electron chi connectivity index (χ0n) is 14.9. The minimum Gasteiger partial charge on any atom is -0.379 e. The lowest BCUT2D eigenvalue weighted by molar-refractivity contribution is -0.137. The minimum atomic E-state index is -4.41. The number of aromatic nitrogens is 3. The largest absolute Gasteiger partial charge is 0.416 e. The van der Waals surface area contributed by atoms with Crippen molar-refractivity contribution in [1.29, 1.82) is 0 Å². The molecule has 0 bridgehead atoms. The average molecular weight is 460 g/mol. The van der Waals surface area contributed by atoms with Gasteiger partial charge in [0.2, 0.25) is 0 Å². The number of hydrogen-bond donors (Lipinski definition) is 1. The maximum Gasteiger partial charge on any atom is 0.416 e. The van der Waals surface area contributed by atoms with E-state index in [0.717, 1.165) is 50.7 Å². The van der Waals surface area contributed by atoms with Crippen molar-refractivity contribution in [1.82, 2.24) is 19.7 Å². The summed E-state index contributed by atoms with van der Waals surface area (Å²) in [7, 11) is 0. The molecule has 1 fully saturated rings. The summed E-state index contributed by atoms with van der Waals surface area (Å²) in [5.74, 6) is 1.18. The lowest BCUT2D eigenvalue weighted by Gasteiger charge is -2.26. The van der Waals surface area contributed by atoms with Crippen molar-refractivity contribution in [3.63, 3.8) is 0 Å². The molecule has 2 aromatic rings. The Morgan fingerprint density at radius 2 is 1.86 bits per heavy atom. The van der Waals surface area contributed by atoms with Gasteiger partial charge in [-0.15, -0.1) is 35.0 Å². The summed E-state index contributed by atoms with van der Waals surface area (Å²) in [5.41, 5.74) is 5.34. The third-order valence-electron chi connectivity index (χ3n) is 4.06. The van der Waals surface area contributed by atoms with Gasteiger partial charge in [-0.2, -0.15) is 13.2 Å². The maximum absolute atomic E-state index is 13.0. The van der Waals surface area contributed by atoms with E-state index in [0.29, 0.717) is 16.7 Å². The molecule has 1 aromatic carbocycles. The van der Waals surface area contributed by atoms with Gasteiger partial charge in [-0.05, 0) is 18.2 Å². The summed E-state index contributed by atoms with van der Waals surface area (Å²) in [6, 6.07) is 5.11. The number of alkyl halides is 3. The molecule has 0 atom stereocenters. The Morgan fingerprint density at radius 1 is 1.14 bits per heavy atom. The second-order valence-corrected chi connectivity index (χ2v) is 6.85. The molecular weight excluding hydrogens is 438 g/mol. The quantitative estimate of drug-likeness (QED) is 0.669. The summed E-state index contributed by atoms with van der Waals surface area (Å²) in [5, 5.41) is 8.67. The van der Waals surface area contributed by atoms with Gasteiger partial charge in [0.25, 0.3) is 0 Å². The van der Waals surface area contributed by atoms with Crippen LogP contribution in [-0.2, 0) is 17.5 Å². The Hall–Kier alpha value is -1.04. The van der Waals surface area contributed by atoms with Gasteiger partial charge in [0.05, 0.1) is 31.0 Å². The van der Waals surface area contributed by atoms with Crippen LogP contribution in [-0.4, -0.2) is 58.3 Å². The van der Waals surface area contributed by atoms with Crippen LogP contribution >= 0.6 is 36.6 Å². The van der Waals surface area contributed by atoms with Crippen LogP contribution in [0.3, 0.4) is 0 Å². The Balaban J connectivity index is 0.00000196. The molecule has 12 heteroatoms. The number of benzene rings is 1. The molecule has 0 amide bonds. The maximum atomic E-state index is 13.0. The zero-order valence-corrected chi connectivity index (χ0v) is 17.3. The van der Waals surface area contributed by atoms with Crippen molar-refractivity contribution in [3.05, 3.63) is 35.7 Å². The van der Waals surface area contributed by atoms with Crippen LogP contribution in [0.1, 0.15) is 11.4 Å². The fourth-order valence-electron chi connectivity index (χ4n) is 2.70. The van der Waals surface area contributed by atoms with Crippen molar-refractivity contribution in [2.75, 3.05) is 38.6 Å². The molecule has 6 nitrogen and oxygen atoms in total. The van der Waals surface area contributed by atoms with Crippen molar-refractivity contribution >= 4 is 36.6 Å². The van der Waals surface area contributed by atoms with Gasteiger partial charge in [-0.1, -0.05) is 17.8 Å². The fraction of sp³-hybridized carbons (Fsp3) is 0.500. The molecule has 1 aromatic heterocycles. The van der Waals surface area contributed by atoms with Crippen LogP contribution < -0.4 is 5.73 Å². The lowest BCUT2D eigenvalue weighted by atomic mass is 10.2. The second kappa shape index (κ2) is 11.2. The summed E-state index contributed by atoms with van der Waals surface area (Å²) < 4.78 is 46.0. The average Bonchev–Trinajstić information content (AvgIpc) is 3.05. The Bertz CT molecular complexity index is 741. The minimum absolute atomic E-state index is 0. The topological polar surface area (TPSA) is 69.2 Å². The summed E-state index contributed by atoms with van der Waals surface area (Å²) >= 11 is 1.46. The highest BCUT2D eigenvalue weighted by molar-refractivity contribution is 7.99. The van der Waals surface area contributed by atoms with E-state index in [1.807, 2.05) is 0 Å². The van der Waals surface area contributed by atoms with Crippen LogP contribution in [0.15, 0.2) is 29.4 Å². The molecule has 1 aliphatic rings. The van der Waals surface area contributed by atoms with E-state index in [9.17, 15) is 13.2 Å². The zero-order chi connectivity index (χ0) is 18.6. The van der Waals surface area contributed by atoms with E-state index < -0.39 is 11.7 Å². The number of rotatable bonds is 6. The SMILES string of the molecule is Cl.Cl.NCc1nnc(SCCN2CCOCC2)n1-c1cccc(C(F)(F)F)c1. The van der Waals surface area contributed by atoms with Crippen molar-refractivity contribution in [3.8, 4) is 5.69 Å². The van der Waals surface area contributed by atoms with Crippen molar-refractivity contribution < 1.29 is 17.9 Å². The Morgan fingerprint density at radius 3 is 2.50 bits per heavy atom. The van der Waals surface area contributed by atoms with E-state index in [2.05, 4.69) is 15.1 Å². The van der Waals surface area contributed by atoms with Gasteiger partial charge < -0.3 is 10.5 Å². The molecule has 28 heavy (non-hydrogen) atoms. The molecule has 0 unspecified atom stereocenters. The lowest BCUT2D eigenvalue weighted by Crippen LogP contribution is -2.37. The number of ether oxygens (including phenoxy) is 1. The molecule has 1 aliphatic heterocycles. The highest BCUT2D eigenvalue weighted by Crippen LogP contribution is 2.31. The second-order valence-electron chi connectivity index (χ2n) is 5.79. The van der Waals surface area contributed by atoms with E-state index >= 15 is 0 Å². The molecular formula is C16H22Cl2F3N5OS. The first kappa shape index (κ1) is 25.0. The molecule has 0 saturated carbocycles. The summed E-state index contributed by atoms with van der Waals surface area (Å²) in [6.07, 6.45) is -4.41. The Labute approximate surface area is 177 Å². The third kappa shape index (κ3) is 6.23. The van der Waals surface area contributed by atoms with E-state index in [4.69, 9.17) is 10.5 Å². The monoisotopic (exact) mass is 459 g/mol. The number of thioether (sulfide) groups is 1. The number of morpholine rings is 1. The molecule has 2 heterocycles. The number of halogens is 5. The predicted molar refractivity (Wildman–Crippen MR) is 107 cm³/mol. The Kier molecular flexibility index (Phi) is 10.0. The van der Waals surface area contributed by atoms with Crippen LogP contribution in [0.5, 0.6) is 0 Å². The third-order valence-corrected chi connectivity index (χ3v) is 4.97. The standard InChI is InChI=1S/C16H20F3N5OS.2ClH/c17-16(18,19)12-2-1-3-13(10-12)24-14(11-20)21-22-15(24)26-9-6-23-4-7-25-8-5-23;;/h1-3,10H,4-9,11,20H2;2*1H. The molecule has 0 spiro atoms. The van der Waals surface area contributed by atoms with Gasteiger partial charge in [-0.25, -0.2) is 0 Å². The van der Waals surface area contributed by atoms with Gasteiger partial charge in [0.15, 0.2) is 11.0 Å². The first-order valence-electron chi connectivity index (χ1n) is 8.24. The van der Waals surface area contributed by atoms with E-state index in [1.165, 1.54) is 17.8 Å². The predicted octanol–water partition coefficient (Wildman–Crippen LogP) is 3.01. The van der Waals surface area contributed by atoms with Crippen LogP contribution in [0.25, 0.3) is 5.69 Å². The molecule has 0 radical (unpaired) electrons. The first-order chi connectivity index (χ1) is 12.5. The van der Waals surface area contributed by atoms with Gasteiger partial charge in [-0.3, -0.25) is 9.47 Å². The molecule has 3 rings (SSSR count). The van der Waals surface area contributed by atoms with E-state index in [1.54, 1.807) is 10.6 Å². The highest BCUT2D eigenvalue weighted by atomic mass is 35.5. The number of nitrogens with two attached hydrogens (primary N) is 1. The smallest absolute Gasteiger partial charge is 0.379 e. The summed E-state index contributed by atoms with van der Waals surface area (Å²) in [6.45, 7) is 4.16. The molecule has 1 saturated heterocycles. The molecule has 158 valence electrons. The van der Waals surface area contributed by atoms with E-state index in [-0.39, 0.29) is 31.4 Å². The highest BCUT2D eigenvalue weighted by Gasteiger charge is 2.31. The number of hydrogen-bond acceptors (Lipinski definition) is 6. The fourth-order valence-corrected chi connectivity index (χ4v) is 3.67.